The molecule has 0 aromatic heterocycles. The molecule has 1 aromatic carbocycles. The van der Waals surface area contributed by atoms with E-state index in [1.807, 2.05) is 0 Å². The Labute approximate surface area is 189 Å². The van der Waals surface area contributed by atoms with Crippen molar-refractivity contribution in [3.8, 4) is 0 Å². The summed E-state index contributed by atoms with van der Waals surface area (Å²) in [5.41, 5.74) is 14.2. The van der Waals surface area contributed by atoms with Crippen molar-refractivity contribution in [2.45, 2.75) is 75.0 Å². The van der Waals surface area contributed by atoms with Crippen LogP contribution in [0.15, 0.2) is 40.0 Å². The van der Waals surface area contributed by atoms with Crippen molar-refractivity contribution < 1.29 is 11.9 Å². The molecule has 0 saturated carbocycles. The van der Waals surface area contributed by atoms with Crippen LogP contribution < -0.4 is 0 Å². The van der Waals surface area contributed by atoms with E-state index in [9.17, 15) is 0 Å². The first-order chi connectivity index (χ1) is 12.5. The number of fused-ring (bicyclic) bond motifs is 1. The van der Waals surface area contributed by atoms with Crippen LogP contribution in [0.25, 0.3) is 6.08 Å². The number of rotatable bonds is 4. The van der Waals surface area contributed by atoms with Gasteiger partial charge in [0.05, 0.1) is 0 Å². The van der Waals surface area contributed by atoms with E-state index in [2.05, 4.69) is 110 Å². The summed E-state index contributed by atoms with van der Waals surface area (Å²) in [6, 6.07) is 4.84. The van der Waals surface area contributed by atoms with E-state index in [-0.39, 0.29) is 0 Å². The van der Waals surface area contributed by atoms with Gasteiger partial charge in [-0.15, -0.1) is 0 Å². The topological polar surface area (TPSA) is 0 Å². The Morgan fingerprint density at radius 2 is 1.63 bits per heavy atom. The summed E-state index contributed by atoms with van der Waals surface area (Å²) in [5.74, 6) is 0. The normalized spacial score (nSPS) is 25.4. The Hall–Kier alpha value is 0.783. The molecule has 0 heterocycles. The molecular formula is C24H32I2Zr. The van der Waals surface area contributed by atoms with Crippen LogP contribution in [0.4, 0.5) is 0 Å². The van der Waals surface area contributed by atoms with Gasteiger partial charge in [-0.2, -0.15) is 0 Å². The molecule has 146 valence electrons. The van der Waals surface area contributed by atoms with Crippen LogP contribution in [0.5, 0.6) is 0 Å². The number of hydrogen-bond acceptors (Lipinski definition) is 0. The molecule has 0 bridgehead atoms. The van der Waals surface area contributed by atoms with E-state index in [1.54, 1.807) is 33.4 Å². The van der Waals surface area contributed by atoms with Gasteiger partial charge in [-0.1, -0.05) is 0 Å². The third-order valence-corrected chi connectivity index (χ3v) is 35.9. The van der Waals surface area contributed by atoms with Crippen LogP contribution >= 0.6 is 36.1 Å². The number of benzene rings is 1. The molecule has 2 atom stereocenters. The molecule has 3 rings (SSSR count). The number of hydrogen-bond donors (Lipinski definition) is 0. The van der Waals surface area contributed by atoms with E-state index >= 15 is 0 Å². The van der Waals surface area contributed by atoms with Gasteiger partial charge in [0.25, 0.3) is 0 Å². The molecule has 0 nitrogen and oxygen atoms in total. The predicted octanol–water partition coefficient (Wildman–Crippen LogP) is 9.26. The van der Waals surface area contributed by atoms with Gasteiger partial charge in [0.2, 0.25) is 0 Å². The van der Waals surface area contributed by atoms with E-state index in [1.165, 1.54) is 29.5 Å². The molecule has 2 aliphatic rings. The Morgan fingerprint density at radius 1 is 1.00 bits per heavy atom. The van der Waals surface area contributed by atoms with Gasteiger partial charge in [-0.3, -0.25) is 0 Å². The second kappa shape index (κ2) is 7.80. The van der Waals surface area contributed by atoms with Gasteiger partial charge in [-0.25, -0.2) is 0 Å². The Kier molecular flexibility index (Phi) is 6.49. The summed E-state index contributed by atoms with van der Waals surface area (Å²) in [4.78, 5) is 0. The number of halogens is 2. The number of aryl methyl sites for hydroxylation is 2. The second-order valence-electron chi connectivity index (χ2n) is 8.76. The molecule has 0 aliphatic heterocycles. The van der Waals surface area contributed by atoms with Crippen LogP contribution in [0.1, 0.15) is 80.3 Å². The average Bonchev–Trinajstić information content (AvgIpc) is 3.00. The Morgan fingerprint density at radius 3 is 2.22 bits per heavy atom. The molecule has 0 N–H and O–H groups in total. The molecule has 2 aliphatic carbocycles. The Bertz CT molecular complexity index is 901. The van der Waals surface area contributed by atoms with Crippen LogP contribution in [0.3, 0.4) is 0 Å². The van der Waals surface area contributed by atoms with Gasteiger partial charge in [0, 0.05) is 0 Å². The zero-order valence-corrected chi connectivity index (χ0v) is 24.8. The van der Waals surface area contributed by atoms with Crippen LogP contribution in [-0.4, -0.2) is 0 Å². The zero-order valence-electron chi connectivity index (χ0n) is 18.0. The van der Waals surface area contributed by atoms with Crippen molar-refractivity contribution in [1.29, 1.82) is 0 Å². The zero-order chi connectivity index (χ0) is 20.3. The van der Waals surface area contributed by atoms with Crippen LogP contribution in [0.2, 0.25) is 3.12 Å². The van der Waals surface area contributed by atoms with Crippen LogP contribution in [-0.2, 0) is 11.9 Å². The van der Waals surface area contributed by atoms with Crippen molar-refractivity contribution in [3.63, 3.8) is 0 Å². The summed E-state index contributed by atoms with van der Waals surface area (Å²) >= 11 is 3.25. The fraction of sp³-hybridized carbons (Fsp3) is 0.500. The predicted molar refractivity (Wildman–Crippen MR) is 135 cm³/mol. The molecule has 0 fully saturated rings. The SMILES string of the molecule is CCCC1=C(C)C(C)=C(C)[C]1(C)[Zr]([I])([I])[CH]1C(C)=Cc2c(C)cc(C)cc21. The standard InChI is InChI=1S/C12H13.C12H19.2HI.Zr/c1-8-4-10(3)12-7-9(2)6-11(12)5-8;1-6-7-12-10(4)8(2)9(3)11(12)5;;;/h4-7H,1-3H3;6-7H2,1-5H3;2*1H;/q;;;;+2/p-2. The molecule has 2 unspecified atom stereocenters. The minimum absolute atomic E-state index is 0.291. The summed E-state index contributed by atoms with van der Waals surface area (Å²) in [6.07, 6.45) is 4.99. The second-order valence-corrected chi connectivity index (χ2v) is 48.0. The summed E-state index contributed by atoms with van der Waals surface area (Å²) < 4.78 is 0.943. The first-order valence-electron chi connectivity index (χ1n) is 10.0. The van der Waals surface area contributed by atoms with E-state index < -0.39 is 11.9 Å². The van der Waals surface area contributed by atoms with E-state index in [0.717, 1.165) is 0 Å². The molecule has 0 saturated heterocycles. The van der Waals surface area contributed by atoms with Crippen molar-refractivity contribution in [1.82, 2.24) is 0 Å². The quantitative estimate of drug-likeness (QED) is 0.282. The van der Waals surface area contributed by atoms with Gasteiger partial charge < -0.3 is 0 Å². The summed E-state index contributed by atoms with van der Waals surface area (Å²) in [5, 5.41) is 0. The monoisotopic (exact) mass is 664 g/mol. The van der Waals surface area contributed by atoms with Gasteiger partial charge in [0.15, 0.2) is 0 Å². The summed E-state index contributed by atoms with van der Waals surface area (Å²) in [6.45, 7) is 19.1. The molecule has 27 heavy (non-hydrogen) atoms. The fourth-order valence-corrected chi connectivity index (χ4v) is 31.8. The maximum atomic E-state index is 3.01. The molecule has 3 heteroatoms. The van der Waals surface area contributed by atoms with Crippen molar-refractivity contribution >= 4 is 42.2 Å². The summed E-state index contributed by atoms with van der Waals surface area (Å²) in [7, 11) is 0. The van der Waals surface area contributed by atoms with Gasteiger partial charge >= 0.3 is 191 Å². The minimum atomic E-state index is -2.77. The fourth-order valence-electron chi connectivity index (χ4n) is 5.40. The molecule has 0 radical (unpaired) electrons. The number of allylic oxidation sites excluding steroid dienone is 5. The van der Waals surface area contributed by atoms with Crippen molar-refractivity contribution in [2.75, 3.05) is 0 Å². The van der Waals surface area contributed by atoms with E-state index in [0.29, 0.717) is 6.75 Å². The van der Waals surface area contributed by atoms with Gasteiger partial charge in [0.1, 0.15) is 0 Å². The first kappa shape index (κ1) is 22.5. The van der Waals surface area contributed by atoms with E-state index in [4.69, 9.17) is 0 Å². The van der Waals surface area contributed by atoms with Crippen LogP contribution in [0, 0.1) is 13.8 Å². The first-order valence-corrected chi connectivity index (χ1v) is 27.3. The average molecular weight is 666 g/mol. The molecule has 0 amide bonds. The molecule has 1 aromatic rings. The maximum absolute atomic E-state index is 3.01. The van der Waals surface area contributed by atoms with Crippen molar-refractivity contribution in [3.05, 3.63) is 62.3 Å². The third kappa shape index (κ3) is 3.28. The third-order valence-electron chi connectivity index (χ3n) is 7.16. The molecular weight excluding hydrogens is 633 g/mol. The molecule has 0 spiro atoms. The van der Waals surface area contributed by atoms with Crippen molar-refractivity contribution in [2.24, 2.45) is 0 Å². The Balaban J connectivity index is 2.23. The van der Waals surface area contributed by atoms with Gasteiger partial charge in [-0.05, 0) is 0 Å².